The highest BCUT2D eigenvalue weighted by Crippen LogP contribution is 2.34. The predicted molar refractivity (Wildman–Crippen MR) is 106 cm³/mol. The summed E-state index contributed by atoms with van der Waals surface area (Å²) in [5, 5.41) is 16.8. The monoisotopic (exact) mass is 399 g/mol. The van der Waals surface area contributed by atoms with Gasteiger partial charge in [-0.2, -0.15) is 0 Å². The standard InChI is InChI=1S/C19H17N3O5S/c1-3-27-17-8-7-12(10-16(17)22(24)25)15-11-28-19(21-15)20-14-6-4-5-13(9-14)18(23)26-2/h4-11H,3H2,1-2H3,(H,20,21). The van der Waals surface area contributed by atoms with Crippen LogP contribution in [0.1, 0.15) is 17.3 Å². The van der Waals surface area contributed by atoms with Crippen molar-refractivity contribution in [3.8, 4) is 17.0 Å². The van der Waals surface area contributed by atoms with Gasteiger partial charge in [0.05, 0.1) is 29.9 Å². The second-order valence-corrected chi connectivity index (χ2v) is 6.47. The molecule has 0 bridgehead atoms. The molecule has 1 aromatic heterocycles. The lowest BCUT2D eigenvalue weighted by Crippen LogP contribution is -2.01. The largest absolute Gasteiger partial charge is 0.487 e. The van der Waals surface area contributed by atoms with Crippen LogP contribution < -0.4 is 10.1 Å². The number of benzene rings is 2. The lowest BCUT2D eigenvalue weighted by molar-refractivity contribution is -0.385. The van der Waals surface area contributed by atoms with Crippen molar-refractivity contribution >= 4 is 33.8 Å². The molecule has 28 heavy (non-hydrogen) atoms. The second kappa shape index (κ2) is 8.49. The number of ether oxygens (including phenoxy) is 2. The van der Waals surface area contributed by atoms with Crippen molar-refractivity contribution in [2.45, 2.75) is 6.92 Å². The Hall–Kier alpha value is -3.46. The number of hydrogen-bond donors (Lipinski definition) is 1. The van der Waals surface area contributed by atoms with Crippen molar-refractivity contribution in [2.24, 2.45) is 0 Å². The van der Waals surface area contributed by atoms with Gasteiger partial charge in [0.15, 0.2) is 10.9 Å². The van der Waals surface area contributed by atoms with E-state index >= 15 is 0 Å². The Balaban J connectivity index is 1.84. The molecule has 3 rings (SSSR count). The van der Waals surface area contributed by atoms with E-state index in [-0.39, 0.29) is 11.4 Å². The molecule has 1 N–H and O–H groups in total. The Morgan fingerprint density at radius 2 is 2.11 bits per heavy atom. The van der Waals surface area contributed by atoms with Gasteiger partial charge in [-0.25, -0.2) is 9.78 Å². The van der Waals surface area contributed by atoms with Crippen LogP contribution in [0.5, 0.6) is 5.75 Å². The van der Waals surface area contributed by atoms with E-state index in [1.54, 1.807) is 48.7 Å². The van der Waals surface area contributed by atoms with Crippen LogP contribution in [0.2, 0.25) is 0 Å². The van der Waals surface area contributed by atoms with Crippen molar-refractivity contribution < 1.29 is 19.2 Å². The highest BCUT2D eigenvalue weighted by atomic mass is 32.1. The molecule has 0 saturated carbocycles. The zero-order valence-electron chi connectivity index (χ0n) is 15.2. The van der Waals surface area contributed by atoms with E-state index in [0.29, 0.717) is 34.2 Å². The summed E-state index contributed by atoms with van der Waals surface area (Å²) in [5.41, 5.74) is 2.21. The molecule has 2 aromatic carbocycles. The molecule has 144 valence electrons. The van der Waals surface area contributed by atoms with E-state index < -0.39 is 10.9 Å². The third kappa shape index (κ3) is 4.26. The van der Waals surface area contributed by atoms with Gasteiger partial charge in [0.2, 0.25) is 0 Å². The van der Waals surface area contributed by atoms with Crippen molar-refractivity contribution in [1.82, 2.24) is 4.98 Å². The third-order valence-corrected chi connectivity index (χ3v) is 4.55. The van der Waals surface area contributed by atoms with Crippen LogP contribution in [0.15, 0.2) is 47.8 Å². The molecule has 0 aliphatic heterocycles. The fraction of sp³-hybridized carbons (Fsp3) is 0.158. The number of nitrogens with one attached hydrogen (secondary N) is 1. The molecule has 9 heteroatoms. The number of methoxy groups -OCH3 is 1. The van der Waals surface area contributed by atoms with Gasteiger partial charge in [-0.3, -0.25) is 10.1 Å². The number of anilines is 2. The molecule has 0 atom stereocenters. The van der Waals surface area contributed by atoms with Crippen LogP contribution in [0.3, 0.4) is 0 Å². The SMILES string of the molecule is CCOc1ccc(-c2csc(Nc3cccc(C(=O)OC)c3)n2)cc1[N+](=O)[O-]. The van der Waals surface area contributed by atoms with Gasteiger partial charge in [0.25, 0.3) is 0 Å². The number of thiazole rings is 1. The number of aromatic nitrogens is 1. The van der Waals surface area contributed by atoms with Crippen LogP contribution in [0, 0.1) is 10.1 Å². The van der Waals surface area contributed by atoms with Gasteiger partial charge in [0, 0.05) is 22.7 Å². The molecule has 8 nitrogen and oxygen atoms in total. The number of nitro benzene ring substituents is 1. The summed E-state index contributed by atoms with van der Waals surface area (Å²) in [6.07, 6.45) is 0. The van der Waals surface area contributed by atoms with E-state index in [0.717, 1.165) is 0 Å². The molecule has 0 aliphatic rings. The minimum atomic E-state index is -0.474. The maximum Gasteiger partial charge on any atom is 0.337 e. The number of carbonyl (C=O) groups excluding carboxylic acids is 1. The number of rotatable bonds is 7. The Morgan fingerprint density at radius 3 is 2.82 bits per heavy atom. The molecule has 0 aliphatic carbocycles. The van der Waals surface area contributed by atoms with Crippen molar-refractivity contribution in [1.29, 1.82) is 0 Å². The van der Waals surface area contributed by atoms with Crippen molar-refractivity contribution in [2.75, 3.05) is 19.0 Å². The summed E-state index contributed by atoms with van der Waals surface area (Å²) in [6.45, 7) is 2.11. The molecule has 0 spiro atoms. The summed E-state index contributed by atoms with van der Waals surface area (Å²) < 4.78 is 10.0. The molecule has 0 unspecified atom stereocenters. The Kier molecular flexibility index (Phi) is 5.85. The van der Waals surface area contributed by atoms with E-state index in [9.17, 15) is 14.9 Å². The number of esters is 1. The first kappa shape index (κ1) is 19.3. The van der Waals surface area contributed by atoms with Crippen molar-refractivity contribution in [3.05, 3.63) is 63.5 Å². The van der Waals surface area contributed by atoms with Gasteiger partial charge in [-0.1, -0.05) is 6.07 Å². The van der Waals surface area contributed by atoms with Crippen LogP contribution in [0.4, 0.5) is 16.5 Å². The van der Waals surface area contributed by atoms with Gasteiger partial charge >= 0.3 is 11.7 Å². The topological polar surface area (TPSA) is 104 Å². The molecule has 0 fully saturated rings. The van der Waals surface area contributed by atoms with Gasteiger partial charge < -0.3 is 14.8 Å². The molecule has 1 heterocycles. The fourth-order valence-electron chi connectivity index (χ4n) is 2.53. The van der Waals surface area contributed by atoms with E-state index in [1.807, 2.05) is 0 Å². The molecule has 0 radical (unpaired) electrons. The Bertz CT molecular complexity index is 1020. The average molecular weight is 399 g/mol. The molecular weight excluding hydrogens is 382 g/mol. The fourth-order valence-corrected chi connectivity index (χ4v) is 3.27. The molecule has 0 saturated heterocycles. The summed E-state index contributed by atoms with van der Waals surface area (Å²) in [4.78, 5) is 26.9. The molecule has 3 aromatic rings. The lowest BCUT2D eigenvalue weighted by Gasteiger charge is -2.06. The maximum absolute atomic E-state index is 11.6. The highest BCUT2D eigenvalue weighted by molar-refractivity contribution is 7.14. The number of nitro groups is 1. The first-order chi connectivity index (χ1) is 13.5. The van der Waals surface area contributed by atoms with E-state index in [4.69, 9.17) is 9.47 Å². The summed E-state index contributed by atoms with van der Waals surface area (Å²) in [6, 6.07) is 11.6. The molecular formula is C19H17N3O5S. The van der Waals surface area contributed by atoms with Gasteiger partial charge in [-0.05, 0) is 37.3 Å². The van der Waals surface area contributed by atoms with E-state index in [1.165, 1.54) is 24.5 Å². The van der Waals surface area contributed by atoms with Gasteiger partial charge in [-0.15, -0.1) is 11.3 Å². The average Bonchev–Trinajstić information content (AvgIpc) is 3.16. The number of nitrogens with zero attached hydrogens (tertiary/aromatic N) is 2. The zero-order valence-corrected chi connectivity index (χ0v) is 16.0. The highest BCUT2D eigenvalue weighted by Gasteiger charge is 2.17. The normalized spacial score (nSPS) is 10.4. The van der Waals surface area contributed by atoms with Crippen LogP contribution >= 0.6 is 11.3 Å². The van der Waals surface area contributed by atoms with Gasteiger partial charge in [0.1, 0.15) is 0 Å². The first-order valence-corrected chi connectivity index (χ1v) is 9.22. The predicted octanol–water partition coefficient (Wildman–Crippen LogP) is 4.65. The summed E-state index contributed by atoms with van der Waals surface area (Å²) in [7, 11) is 1.32. The minimum Gasteiger partial charge on any atom is -0.487 e. The Morgan fingerprint density at radius 1 is 1.29 bits per heavy atom. The quantitative estimate of drug-likeness (QED) is 0.350. The number of carbonyl (C=O) groups is 1. The van der Waals surface area contributed by atoms with Crippen LogP contribution in [-0.2, 0) is 4.74 Å². The van der Waals surface area contributed by atoms with Crippen LogP contribution in [0.25, 0.3) is 11.3 Å². The Labute approximate surface area is 164 Å². The number of hydrogen-bond acceptors (Lipinski definition) is 8. The smallest absolute Gasteiger partial charge is 0.337 e. The molecule has 0 amide bonds. The summed E-state index contributed by atoms with van der Waals surface area (Å²) >= 11 is 1.35. The van der Waals surface area contributed by atoms with Crippen molar-refractivity contribution in [3.63, 3.8) is 0 Å². The zero-order chi connectivity index (χ0) is 20.1. The third-order valence-electron chi connectivity index (χ3n) is 3.79. The van der Waals surface area contributed by atoms with Crippen LogP contribution in [-0.4, -0.2) is 29.6 Å². The lowest BCUT2D eigenvalue weighted by atomic mass is 10.1. The summed E-state index contributed by atoms with van der Waals surface area (Å²) in [5.74, 6) is -0.199. The van der Waals surface area contributed by atoms with E-state index in [2.05, 4.69) is 10.3 Å². The second-order valence-electron chi connectivity index (χ2n) is 5.61. The first-order valence-electron chi connectivity index (χ1n) is 8.34. The maximum atomic E-state index is 11.6. The minimum absolute atomic E-state index is 0.104.